The van der Waals surface area contributed by atoms with Crippen molar-refractivity contribution in [3.8, 4) is 5.75 Å². The zero-order chi connectivity index (χ0) is 17.0. The zero-order valence-electron chi connectivity index (χ0n) is 15.4. The van der Waals surface area contributed by atoms with Gasteiger partial charge in [0, 0.05) is 0 Å². The first-order chi connectivity index (χ1) is 11.0. The molecule has 3 heteroatoms. The molecular weight excluding hydrogens is 320 g/mol. The smallest absolute Gasteiger partial charge is 0.150 e. The molecule has 0 aliphatic heterocycles. The van der Waals surface area contributed by atoms with Crippen molar-refractivity contribution in [2.24, 2.45) is 0 Å². The molecule has 0 aliphatic carbocycles. The lowest BCUT2D eigenvalue weighted by Crippen LogP contribution is -2.16. The van der Waals surface area contributed by atoms with Crippen molar-refractivity contribution in [1.29, 1.82) is 0 Å². The monoisotopic (exact) mass is 354 g/mol. The Kier molecular flexibility index (Phi) is 10.7. The minimum absolute atomic E-state index is 0.778. The van der Waals surface area contributed by atoms with Gasteiger partial charge in [-0.3, -0.25) is 0 Å². The van der Waals surface area contributed by atoms with E-state index < -0.39 is 7.38 Å². The van der Waals surface area contributed by atoms with E-state index in [1.807, 2.05) is 0 Å². The predicted molar refractivity (Wildman–Crippen MR) is 106 cm³/mol. The molecule has 1 aromatic rings. The second-order valence-corrected chi connectivity index (χ2v) is 14.2. The number of hydrogen-bond acceptors (Lipinski definition) is 1. The molecule has 0 fully saturated rings. The van der Waals surface area contributed by atoms with Crippen LogP contribution in [-0.2, 0) is 6.42 Å². The molecule has 0 bridgehead atoms. The van der Waals surface area contributed by atoms with E-state index in [1.165, 1.54) is 56.9 Å². The second-order valence-electron chi connectivity index (χ2n) is 7.19. The third kappa shape index (κ3) is 11.7. The Morgan fingerprint density at radius 2 is 1.48 bits per heavy atom. The van der Waals surface area contributed by atoms with Gasteiger partial charge in [-0.1, -0.05) is 70.7 Å². The third-order valence-corrected chi connectivity index (χ3v) is 6.29. The van der Waals surface area contributed by atoms with Crippen LogP contribution in [0.25, 0.3) is 0 Å². The van der Waals surface area contributed by atoms with E-state index in [4.69, 9.17) is 15.8 Å². The minimum Gasteiger partial charge on any atom is -0.494 e. The normalized spacial score (nSPS) is 11.7. The fourth-order valence-corrected chi connectivity index (χ4v) is 4.11. The van der Waals surface area contributed by atoms with Gasteiger partial charge in [-0.2, -0.15) is 11.1 Å². The van der Waals surface area contributed by atoms with Crippen molar-refractivity contribution in [3.63, 3.8) is 0 Å². The molecule has 23 heavy (non-hydrogen) atoms. The van der Waals surface area contributed by atoms with Crippen LogP contribution < -0.4 is 4.74 Å². The molecule has 0 amide bonds. The molecule has 0 aliphatic rings. The summed E-state index contributed by atoms with van der Waals surface area (Å²) in [6, 6.07) is 9.77. The lowest BCUT2D eigenvalue weighted by Gasteiger charge is -2.13. The van der Waals surface area contributed by atoms with Crippen LogP contribution in [0.5, 0.6) is 5.75 Å². The van der Waals surface area contributed by atoms with Crippen LogP contribution >= 0.6 is 11.1 Å². The van der Waals surface area contributed by atoms with Crippen LogP contribution in [0.1, 0.15) is 63.9 Å². The summed E-state index contributed by atoms with van der Waals surface area (Å²) in [5.41, 5.74) is 1.43. The highest BCUT2D eigenvalue weighted by Gasteiger charge is 2.15. The van der Waals surface area contributed by atoms with Crippen molar-refractivity contribution in [2.45, 2.75) is 83.8 Å². The highest BCUT2D eigenvalue weighted by molar-refractivity contribution is 7.19. The SMILES string of the molecule is CCCCCCCCCc1ccc(OCCC[Si](C)(C)Cl)cc1. The van der Waals surface area contributed by atoms with Gasteiger partial charge in [-0.15, -0.1) is 0 Å². The summed E-state index contributed by atoms with van der Waals surface area (Å²) in [7, 11) is -1.44. The number of hydrogen-bond donors (Lipinski definition) is 0. The predicted octanol–water partition coefficient (Wildman–Crippen LogP) is 7.19. The lowest BCUT2D eigenvalue weighted by molar-refractivity contribution is 0.317. The van der Waals surface area contributed by atoms with E-state index >= 15 is 0 Å². The molecular formula is C20H35ClOSi. The standard InChI is InChI=1S/C20H35ClOSi/c1-4-5-6-7-8-9-10-12-19-13-15-20(16-14-19)22-17-11-18-23(2,3)21/h13-16H,4-12,17-18H2,1-3H3. The molecule has 0 heterocycles. The number of benzene rings is 1. The topological polar surface area (TPSA) is 9.23 Å². The van der Waals surface area contributed by atoms with Crippen LogP contribution in [-0.4, -0.2) is 14.0 Å². The summed E-state index contributed by atoms with van der Waals surface area (Å²) in [4.78, 5) is 0. The molecule has 0 saturated heterocycles. The molecule has 0 aromatic heterocycles. The second kappa shape index (κ2) is 12.0. The highest BCUT2D eigenvalue weighted by atomic mass is 35.6. The van der Waals surface area contributed by atoms with Gasteiger partial charge in [0.05, 0.1) is 6.61 Å². The summed E-state index contributed by atoms with van der Waals surface area (Å²) >= 11 is 6.31. The molecule has 1 nitrogen and oxygen atoms in total. The summed E-state index contributed by atoms with van der Waals surface area (Å²) in [5.74, 6) is 0.988. The van der Waals surface area contributed by atoms with E-state index in [0.717, 1.165) is 24.8 Å². The molecule has 0 N–H and O–H groups in total. The zero-order valence-corrected chi connectivity index (χ0v) is 17.1. The molecule has 0 atom stereocenters. The lowest BCUT2D eigenvalue weighted by atomic mass is 10.0. The number of unbranched alkanes of at least 4 members (excludes halogenated alkanes) is 6. The quantitative estimate of drug-likeness (QED) is 0.207. The first-order valence-corrected chi connectivity index (χ1v) is 13.6. The average molecular weight is 355 g/mol. The van der Waals surface area contributed by atoms with Crippen molar-refractivity contribution in [2.75, 3.05) is 6.61 Å². The first-order valence-electron chi connectivity index (χ1n) is 9.42. The summed E-state index contributed by atoms with van der Waals surface area (Å²) in [5, 5.41) is 0. The fourth-order valence-electron chi connectivity index (χ4n) is 2.72. The molecule has 132 valence electrons. The van der Waals surface area contributed by atoms with Crippen LogP contribution in [0.2, 0.25) is 19.1 Å². The van der Waals surface area contributed by atoms with E-state index in [2.05, 4.69) is 44.3 Å². The van der Waals surface area contributed by atoms with Gasteiger partial charge >= 0.3 is 0 Å². The van der Waals surface area contributed by atoms with Gasteiger partial charge in [-0.05, 0) is 43.0 Å². The minimum atomic E-state index is -1.44. The van der Waals surface area contributed by atoms with Crippen LogP contribution in [0.15, 0.2) is 24.3 Å². The highest BCUT2D eigenvalue weighted by Crippen LogP contribution is 2.18. The van der Waals surface area contributed by atoms with Gasteiger partial charge in [0.2, 0.25) is 0 Å². The molecule has 0 radical (unpaired) electrons. The Morgan fingerprint density at radius 3 is 2.09 bits per heavy atom. The molecule has 0 unspecified atom stereocenters. The molecule has 0 spiro atoms. The van der Waals surface area contributed by atoms with Crippen LogP contribution in [0.4, 0.5) is 0 Å². The number of rotatable bonds is 13. The first kappa shape index (κ1) is 20.6. The van der Waals surface area contributed by atoms with Gasteiger partial charge in [0.1, 0.15) is 5.75 Å². The molecule has 0 saturated carbocycles. The van der Waals surface area contributed by atoms with E-state index in [9.17, 15) is 0 Å². The molecule has 1 rings (SSSR count). The maximum Gasteiger partial charge on any atom is 0.150 e. The van der Waals surface area contributed by atoms with E-state index in [-0.39, 0.29) is 0 Å². The van der Waals surface area contributed by atoms with Gasteiger partial charge in [0.15, 0.2) is 7.38 Å². The van der Waals surface area contributed by atoms with Crippen molar-refractivity contribution < 1.29 is 4.74 Å². The van der Waals surface area contributed by atoms with Gasteiger partial charge < -0.3 is 4.74 Å². The number of halogens is 1. The van der Waals surface area contributed by atoms with Crippen molar-refractivity contribution >= 4 is 18.5 Å². The Labute approximate surface area is 149 Å². The maximum absolute atomic E-state index is 6.31. The van der Waals surface area contributed by atoms with Crippen molar-refractivity contribution in [3.05, 3.63) is 29.8 Å². The van der Waals surface area contributed by atoms with Gasteiger partial charge in [0.25, 0.3) is 0 Å². The number of aryl methyl sites for hydroxylation is 1. The van der Waals surface area contributed by atoms with Crippen LogP contribution in [0, 0.1) is 0 Å². The number of ether oxygens (including phenoxy) is 1. The fraction of sp³-hybridized carbons (Fsp3) is 0.700. The Bertz CT molecular complexity index is 397. The maximum atomic E-state index is 6.31. The summed E-state index contributed by atoms with van der Waals surface area (Å²) in [6.07, 6.45) is 11.9. The molecule has 1 aromatic carbocycles. The summed E-state index contributed by atoms with van der Waals surface area (Å²) < 4.78 is 5.80. The van der Waals surface area contributed by atoms with E-state index in [0.29, 0.717) is 0 Å². The summed E-state index contributed by atoms with van der Waals surface area (Å²) in [6.45, 7) is 7.42. The largest absolute Gasteiger partial charge is 0.494 e. The Morgan fingerprint density at radius 1 is 0.870 bits per heavy atom. The average Bonchev–Trinajstić information content (AvgIpc) is 2.51. The third-order valence-electron chi connectivity index (χ3n) is 4.18. The Balaban J connectivity index is 2.11. The Hall–Kier alpha value is -0.473. The van der Waals surface area contributed by atoms with E-state index in [1.54, 1.807) is 0 Å². The van der Waals surface area contributed by atoms with Crippen molar-refractivity contribution in [1.82, 2.24) is 0 Å². The van der Waals surface area contributed by atoms with Crippen LogP contribution in [0.3, 0.4) is 0 Å². The van der Waals surface area contributed by atoms with Gasteiger partial charge in [-0.25, -0.2) is 0 Å².